The van der Waals surface area contributed by atoms with Crippen LogP contribution in [0.25, 0.3) is 11.2 Å². The molecule has 0 atom stereocenters. The van der Waals surface area contributed by atoms with Crippen molar-refractivity contribution in [1.82, 2.24) is 34.7 Å². The maximum absolute atomic E-state index is 12.2. The molecular formula is C15H13N7O2. The molecule has 9 heteroatoms. The molecule has 0 aliphatic heterocycles. The molecule has 0 bridgehead atoms. The maximum Gasteiger partial charge on any atom is 0.236 e. The van der Waals surface area contributed by atoms with Gasteiger partial charge < -0.3 is 14.0 Å². The molecule has 24 heavy (non-hydrogen) atoms. The molecule has 0 saturated carbocycles. The lowest BCUT2D eigenvalue weighted by Gasteiger charge is -1.95. The quantitative estimate of drug-likeness (QED) is 0.533. The summed E-state index contributed by atoms with van der Waals surface area (Å²) in [6.45, 7) is 0.455. The standard InChI is InChI=1S/C15H13N7O2/c23-11(15-18-10-2-1-5-17-14(10)19-15)3-4-12-20-21-13(24-12)8-22-7-6-16-9-22/h1-2,5-7,9H,3-4,8H2,(H,17,18,19). The van der Waals surface area contributed by atoms with Crippen molar-refractivity contribution in [3.05, 3.63) is 54.7 Å². The second-order valence-electron chi connectivity index (χ2n) is 5.21. The van der Waals surface area contributed by atoms with E-state index in [-0.39, 0.29) is 12.2 Å². The fourth-order valence-corrected chi connectivity index (χ4v) is 2.31. The maximum atomic E-state index is 12.2. The van der Waals surface area contributed by atoms with Crippen LogP contribution in [0.5, 0.6) is 0 Å². The first-order chi connectivity index (χ1) is 11.8. The first-order valence-corrected chi connectivity index (χ1v) is 7.39. The summed E-state index contributed by atoms with van der Waals surface area (Å²) in [6.07, 6.45) is 7.38. The number of H-pyrrole nitrogens is 1. The van der Waals surface area contributed by atoms with Gasteiger partial charge in [0.05, 0.1) is 11.8 Å². The first-order valence-electron chi connectivity index (χ1n) is 7.39. The highest BCUT2D eigenvalue weighted by Gasteiger charge is 2.14. The van der Waals surface area contributed by atoms with E-state index in [1.54, 1.807) is 24.8 Å². The molecule has 0 aliphatic carbocycles. The largest absolute Gasteiger partial charge is 0.423 e. The smallest absolute Gasteiger partial charge is 0.236 e. The van der Waals surface area contributed by atoms with Crippen LogP contribution in [-0.2, 0) is 13.0 Å². The number of nitrogens with one attached hydrogen (secondary N) is 1. The van der Waals surface area contributed by atoms with Gasteiger partial charge in [0.2, 0.25) is 11.8 Å². The third-order valence-electron chi connectivity index (χ3n) is 3.47. The Kier molecular flexibility index (Phi) is 3.58. The molecule has 4 aromatic heterocycles. The summed E-state index contributed by atoms with van der Waals surface area (Å²) in [7, 11) is 0. The predicted molar refractivity (Wildman–Crippen MR) is 82.2 cm³/mol. The zero-order valence-electron chi connectivity index (χ0n) is 12.6. The van der Waals surface area contributed by atoms with Gasteiger partial charge in [0.15, 0.2) is 17.3 Å². The molecule has 1 N–H and O–H groups in total. The number of aromatic nitrogens is 7. The van der Waals surface area contributed by atoms with E-state index in [1.807, 2.05) is 16.8 Å². The van der Waals surface area contributed by atoms with Crippen LogP contribution in [0, 0.1) is 0 Å². The van der Waals surface area contributed by atoms with Gasteiger partial charge in [-0.2, -0.15) is 0 Å². The van der Waals surface area contributed by atoms with Gasteiger partial charge in [0, 0.05) is 31.4 Å². The second kappa shape index (κ2) is 6.03. The molecule has 0 fully saturated rings. The van der Waals surface area contributed by atoms with Crippen LogP contribution in [-0.4, -0.2) is 40.5 Å². The number of hydrogen-bond donors (Lipinski definition) is 1. The number of aromatic amines is 1. The van der Waals surface area contributed by atoms with Gasteiger partial charge in [-0.15, -0.1) is 10.2 Å². The number of pyridine rings is 1. The van der Waals surface area contributed by atoms with Crippen molar-refractivity contribution in [3.8, 4) is 0 Å². The molecular weight excluding hydrogens is 310 g/mol. The number of ketones is 1. The van der Waals surface area contributed by atoms with Crippen molar-refractivity contribution in [2.45, 2.75) is 19.4 Å². The Hall–Kier alpha value is -3.36. The Morgan fingerprint density at radius 2 is 2.17 bits per heavy atom. The van der Waals surface area contributed by atoms with Gasteiger partial charge in [0.25, 0.3) is 0 Å². The summed E-state index contributed by atoms with van der Waals surface area (Å²) >= 11 is 0. The molecule has 0 saturated heterocycles. The molecule has 0 amide bonds. The van der Waals surface area contributed by atoms with Crippen molar-refractivity contribution in [3.63, 3.8) is 0 Å². The predicted octanol–water partition coefficient (Wildman–Crippen LogP) is 1.40. The zero-order chi connectivity index (χ0) is 16.4. The normalized spacial score (nSPS) is 11.2. The minimum atomic E-state index is -0.123. The Morgan fingerprint density at radius 3 is 3.00 bits per heavy atom. The van der Waals surface area contributed by atoms with E-state index in [9.17, 15) is 4.79 Å². The molecule has 9 nitrogen and oxygen atoms in total. The van der Waals surface area contributed by atoms with Crippen LogP contribution >= 0.6 is 0 Å². The van der Waals surface area contributed by atoms with E-state index < -0.39 is 0 Å². The molecule has 0 aromatic carbocycles. The monoisotopic (exact) mass is 323 g/mol. The average molecular weight is 323 g/mol. The Morgan fingerprint density at radius 1 is 1.25 bits per heavy atom. The SMILES string of the molecule is O=C(CCc1nnc(Cn2ccnc2)o1)c1nc2ncccc2[nH]1. The van der Waals surface area contributed by atoms with Crippen LogP contribution < -0.4 is 0 Å². The molecule has 0 unspecified atom stereocenters. The number of hydrogen-bond acceptors (Lipinski definition) is 7. The van der Waals surface area contributed by atoms with E-state index in [0.29, 0.717) is 36.2 Å². The Bertz CT molecular complexity index is 938. The number of rotatable bonds is 6. The number of nitrogens with zero attached hydrogens (tertiary/aromatic N) is 6. The van der Waals surface area contributed by atoms with Crippen molar-refractivity contribution in [2.75, 3.05) is 0 Å². The highest BCUT2D eigenvalue weighted by Crippen LogP contribution is 2.11. The third kappa shape index (κ3) is 2.91. The molecule has 0 radical (unpaired) electrons. The molecule has 4 aromatic rings. The van der Waals surface area contributed by atoms with Crippen molar-refractivity contribution < 1.29 is 9.21 Å². The number of aryl methyl sites for hydroxylation is 1. The Labute approximate surface area is 135 Å². The highest BCUT2D eigenvalue weighted by molar-refractivity contribution is 5.95. The van der Waals surface area contributed by atoms with Crippen molar-refractivity contribution in [1.29, 1.82) is 0 Å². The van der Waals surface area contributed by atoms with Gasteiger partial charge in [-0.05, 0) is 12.1 Å². The Balaban J connectivity index is 1.39. The van der Waals surface area contributed by atoms with Gasteiger partial charge in [0.1, 0.15) is 6.54 Å². The molecule has 4 rings (SSSR count). The van der Waals surface area contributed by atoms with Crippen LogP contribution in [0.2, 0.25) is 0 Å². The fraction of sp³-hybridized carbons (Fsp3) is 0.200. The van der Waals surface area contributed by atoms with Crippen molar-refractivity contribution >= 4 is 16.9 Å². The second-order valence-corrected chi connectivity index (χ2v) is 5.21. The summed E-state index contributed by atoms with van der Waals surface area (Å²) < 4.78 is 7.36. The van der Waals surface area contributed by atoms with E-state index in [0.717, 1.165) is 5.52 Å². The zero-order valence-corrected chi connectivity index (χ0v) is 12.6. The first kappa shape index (κ1) is 14.2. The van der Waals surface area contributed by atoms with Crippen LogP contribution in [0.3, 0.4) is 0 Å². The summed E-state index contributed by atoms with van der Waals surface area (Å²) in [4.78, 5) is 27.4. The lowest BCUT2D eigenvalue weighted by Crippen LogP contribution is -2.03. The van der Waals surface area contributed by atoms with Gasteiger partial charge >= 0.3 is 0 Å². The third-order valence-corrected chi connectivity index (χ3v) is 3.47. The van der Waals surface area contributed by atoms with E-state index in [1.165, 1.54) is 0 Å². The summed E-state index contributed by atoms with van der Waals surface area (Å²) in [5.41, 5.74) is 1.27. The number of imidazole rings is 2. The van der Waals surface area contributed by atoms with E-state index >= 15 is 0 Å². The molecule has 0 aliphatic rings. The highest BCUT2D eigenvalue weighted by atomic mass is 16.4. The molecule has 120 valence electrons. The van der Waals surface area contributed by atoms with E-state index in [2.05, 4.69) is 30.1 Å². The lowest BCUT2D eigenvalue weighted by atomic mass is 10.2. The number of fused-ring (bicyclic) bond motifs is 1. The van der Waals surface area contributed by atoms with Crippen LogP contribution in [0.15, 0.2) is 41.5 Å². The lowest BCUT2D eigenvalue weighted by molar-refractivity contribution is 0.0971. The number of carbonyl (C=O) groups is 1. The fourth-order valence-electron chi connectivity index (χ4n) is 2.31. The number of Topliss-reactive ketones (excluding diaryl/α,β-unsaturated/α-hetero) is 1. The van der Waals surface area contributed by atoms with E-state index in [4.69, 9.17) is 4.42 Å². The van der Waals surface area contributed by atoms with Gasteiger partial charge in [-0.1, -0.05) is 0 Å². The topological polar surface area (TPSA) is 115 Å². The van der Waals surface area contributed by atoms with Crippen LogP contribution in [0.1, 0.15) is 28.8 Å². The van der Waals surface area contributed by atoms with Gasteiger partial charge in [-0.25, -0.2) is 15.0 Å². The van der Waals surface area contributed by atoms with Gasteiger partial charge in [-0.3, -0.25) is 4.79 Å². The summed E-state index contributed by atoms with van der Waals surface area (Å²) in [5.74, 6) is 1.07. The minimum Gasteiger partial charge on any atom is -0.423 e. The summed E-state index contributed by atoms with van der Waals surface area (Å²) in [6, 6.07) is 3.61. The molecule has 4 heterocycles. The number of carbonyl (C=O) groups excluding carboxylic acids is 1. The molecule has 0 spiro atoms. The van der Waals surface area contributed by atoms with Crippen LogP contribution in [0.4, 0.5) is 0 Å². The average Bonchev–Trinajstić information content (AvgIpc) is 3.33. The van der Waals surface area contributed by atoms with Crippen molar-refractivity contribution in [2.24, 2.45) is 0 Å². The summed E-state index contributed by atoms with van der Waals surface area (Å²) in [5, 5.41) is 7.93. The minimum absolute atomic E-state index is 0.123.